The van der Waals surface area contributed by atoms with Gasteiger partial charge in [0.15, 0.2) is 5.65 Å². The number of carbonyl (C=O) groups excluding carboxylic acids is 3. The second kappa shape index (κ2) is 13.4. The van der Waals surface area contributed by atoms with Crippen LogP contribution in [0.5, 0.6) is 5.75 Å². The Morgan fingerprint density at radius 3 is 2.60 bits per heavy atom. The van der Waals surface area contributed by atoms with E-state index in [2.05, 4.69) is 27.5 Å². The highest BCUT2D eigenvalue weighted by atomic mass is 16.6. The summed E-state index contributed by atoms with van der Waals surface area (Å²) in [5, 5.41) is 15.2. The standard InChI is InChI=1S/C30H38N8O5/c1-20-11-15-37(25(39)10-13-31)18-24(20)36(5)26-23-12-16-38(27(23)34-19-33-26)28(40)35-21-6-8-22(9-7-21)42-17-14-32-29(41)43-30(2,3)4/h6-9,12,16,19-20,24H,10-11,14-15,17-18H2,1-5H3,(H,32,41)(H,35,40)/t20-,24+/m1/s1. The lowest BCUT2D eigenvalue weighted by Crippen LogP contribution is -2.52. The van der Waals surface area contributed by atoms with E-state index < -0.39 is 17.7 Å². The van der Waals surface area contributed by atoms with Crippen LogP contribution in [0.2, 0.25) is 0 Å². The minimum absolute atomic E-state index is 0.0134. The molecule has 3 amide bonds. The second-order valence-electron chi connectivity index (χ2n) is 11.5. The number of piperidine rings is 1. The molecular formula is C30H38N8O5. The molecule has 1 fully saturated rings. The Balaban J connectivity index is 1.38. The van der Waals surface area contributed by atoms with Gasteiger partial charge in [0.1, 0.15) is 36.5 Å². The van der Waals surface area contributed by atoms with E-state index in [-0.39, 0.29) is 31.5 Å². The third-order valence-electron chi connectivity index (χ3n) is 7.16. The number of amides is 3. The van der Waals surface area contributed by atoms with E-state index >= 15 is 0 Å². The van der Waals surface area contributed by atoms with Crippen LogP contribution in [0.3, 0.4) is 0 Å². The highest BCUT2D eigenvalue weighted by molar-refractivity contribution is 6.00. The van der Waals surface area contributed by atoms with Gasteiger partial charge in [0, 0.05) is 32.0 Å². The number of aromatic nitrogens is 3. The molecular weight excluding hydrogens is 552 g/mol. The molecule has 0 bridgehead atoms. The number of fused-ring (bicyclic) bond motifs is 1. The number of likely N-dealkylation sites (tertiary alicyclic amines) is 1. The van der Waals surface area contributed by atoms with Crippen molar-refractivity contribution < 1.29 is 23.9 Å². The monoisotopic (exact) mass is 590 g/mol. The molecule has 2 aromatic heterocycles. The maximum atomic E-state index is 13.2. The molecule has 1 aliphatic rings. The Bertz CT molecular complexity index is 1490. The summed E-state index contributed by atoms with van der Waals surface area (Å²) >= 11 is 0. The lowest BCUT2D eigenvalue weighted by atomic mass is 9.92. The summed E-state index contributed by atoms with van der Waals surface area (Å²) in [5.74, 6) is 1.37. The molecule has 1 aromatic carbocycles. The van der Waals surface area contributed by atoms with Gasteiger partial charge in [-0.25, -0.2) is 19.6 Å². The first kappa shape index (κ1) is 31.1. The van der Waals surface area contributed by atoms with Crippen molar-refractivity contribution in [2.24, 2.45) is 5.92 Å². The third-order valence-corrected chi connectivity index (χ3v) is 7.16. The molecule has 0 radical (unpaired) electrons. The first-order chi connectivity index (χ1) is 20.5. The molecule has 1 aliphatic heterocycles. The lowest BCUT2D eigenvalue weighted by Gasteiger charge is -2.42. The predicted octanol–water partition coefficient (Wildman–Crippen LogP) is 4.00. The van der Waals surface area contributed by atoms with E-state index in [9.17, 15) is 14.4 Å². The number of nitriles is 1. The van der Waals surface area contributed by atoms with Crippen molar-refractivity contribution in [3.8, 4) is 11.8 Å². The second-order valence-corrected chi connectivity index (χ2v) is 11.5. The molecule has 2 N–H and O–H groups in total. The molecule has 2 atom stereocenters. The Morgan fingerprint density at radius 2 is 1.91 bits per heavy atom. The Kier molecular flexibility index (Phi) is 9.70. The van der Waals surface area contributed by atoms with Gasteiger partial charge in [-0.15, -0.1) is 0 Å². The molecule has 0 unspecified atom stereocenters. The molecule has 13 heteroatoms. The normalized spacial score (nSPS) is 16.7. The molecule has 4 rings (SSSR count). The number of nitrogens with zero attached hydrogens (tertiary/aromatic N) is 6. The number of nitrogens with one attached hydrogen (secondary N) is 2. The van der Waals surface area contributed by atoms with Crippen LogP contribution < -0.4 is 20.3 Å². The summed E-state index contributed by atoms with van der Waals surface area (Å²) in [7, 11) is 1.93. The van der Waals surface area contributed by atoms with Gasteiger partial charge in [0.2, 0.25) is 5.91 Å². The van der Waals surface area contributed by atoms with E-state index in [4.69, 9.17) is 14.7 Å². The van der Waals surface area contributed by atoms with E-state index in [0.29, 0.717) is 47.3 Å². The zero-order chi connectivity index (χ0) is 31.1. The Labute approximate surface area is 250 Å². The zero-order valence-electron chi connectivity index (χ0n) is 25.2. The molecule has 0 saturated carbocycles. The van der Waals surface area contributed by atoms with Crippen LogP contribution >= 0.6 is 0 Å². The number of carbonyl (C=O) groups is 3. The Hall–Kier alpha value is -4.86. The average Bonchev–Trinajstić information content (AvgIpc) is 3.40. The van der Waals surface area contributed by atoms with Crippen molar-refractivity contribution >= 4 is 40.6 Å². The summed E-state index contributed by atoms with van der Waals surface area (Å²) in [6.45, 7) is 9.18. The van der Waals surface area contributed by atoms with Gasteiger partial charge in [0.25, 0.3) is 0 Å². The average molecular weight is 591 g/mol. The molecule has 0 aliphatic carbocycles. The van der Waals surface area contributed by atoms with E-state index in [1.807, 2.05) is 18.0 Å². The van der Waals surface area contributed by atoms with Crippen LogP contribution in [0.4, 0.5) is 21.1 Å². The topological polar surface area (TPSA) is 155 Å². The molecule has 3 aromatic rings. The van der Waals surface area contributed by atoms with E-state index in [0.717, 1.165) is 6.42 Å². The summed E-state index contributed by atoms with van der Waals surface area (Å²) in [6.07, 6.45) is 3.25. The molecule has 3 heterocycles. The number of benzene rings is 1. The van der Waals surface area contributed by atoms with Gasteiger partial charge in [-0.05, 0) is 63.4 Å². The zero-order valence-corrected chi connectivity index (χ0v) is 25.2. The fourth-order valence-corrected chi connectivity index (χ4v) is 4.95. The highest BCUT2D eigenvalue weighted by Crippen LogP contribution is 2.30. The van der Waals surface area contributed by atoms with Gasteiger partial charge < -0.3 is 29.9 Å². The fraction of sp³-hybridized carbons (Fsp3) is 0.467. The van der Waals surface area contributed by atoms with Crippen molar-refractivity contribution in [2.75, 3.05) is 43.5 Å². The number of hydrogen-bond acceptors (Lipinski definition) is 9. The summed E-state index contributed by atoms with van der Waals surface area (Å²) < 4.78 is 12.3. The highest BCUT2D eigenvalue weighted by Gasteiger charge is 2.33. The van der Waals surface area contributed by atoms with Crippen LogP contribution in [-0.4, -0.2) is 82.4 Å². The number of rotatable bonds is 8. The first-order valence-corrected chi connectivity index (χ1v) is 14.2. The van der Waals surface area contributed by atoms with Gasteiger partial charge in [-0.1, -0.05) is 6.92 Å². The van der Waals surface area contributed by atoms with E-state index in [1.54, 1.807) is 62.2 Å². The number of anilines is 2. The lowest BCUT2D eigenvalue weighted by molar-refractivity contribution is -0.131. The smallest absolute Gasteiger partial charge is 0.407 e. The van der Waals surface area contributed by atoms with Crippen LogP contribution in [0.1, 0.15) is 40.5 Å². The SMILES string of the molecule is C[C@@H]1CCN(C(=O)CC#N)C[C@@H]1N(C)c1ncnc2c1ccn2C(=O)Nc1ccc(OCCNC(=O)OC(C)(C)C)cc1. The number of ether oxygens (including phenoxy) is 2. The van der Waals surface area contributed by atoms with Gasteiger partial charge in [-0.3, -0.25) is 9.36 Å². The maximum absolute atomic E-state index is 13.2. The van der Waals surface area contributed by atoms with Crippen molar-refractivity contribution in [2.45, 2.75) is 52.2 Å². The van der Waals surface area contributed by atoms with Crippen LogP contribution in [0, 0.1) is 17.2 Å². The molecule has 228 valence electrons. The minimum atomic E-state index is -0.567. The summed E-state index contributed by atoms with van der Waals surface area (Å²) in [6, 6.07) is 10.2. The van der Waals surface area contributed by atoms with Gasteiger partial charge >= 0.3 is 12.1 Å². The maximum Gasteiger partial charge on any atom is 0.407 e. The first-order valence-electron chi connectivity index (χ1n) is 14.2. The molecule has 43 heavy (non-hydrogen) atoms. The summed E-state index contributed by atoms with van der Waals surface area (Å²) in [5.41, 5.74) is 0.450. The van der Waals surface area contributed by atoms with Crippen LogP contribution in [0.25, 0.3) is 11.0 Å². The van der Waals surface area contributed by atoms with Crippen molar-refractivity contribution in [1.82, 2.24) is 24.8 Å². The summed E-state index contributed by atoms with van der Waals surface area (Å²) in [4.78, 5) is 49.9. The number of hydrogen-bond donors (Lipinski definition) is 2. The number of likely N-dealkylation sites (N-methyl/N-ethyl adjacent to an activating group) is 1. The predicted molar refractivity (Wildman–Crippen MR) is 161 cm³/mol. The van der Waals surface area contributed by atoms with Crippen LogP contribution in [-0.2, 0) is 9.53 Å². The minimum Gasteiger partial charge on any atom is -0.492 e. The van der Waals surface area contributed by atoms with E-state index in [1.165, 1.54) is 10.9 Å². The Morgan fingerprint density at radius 1 is 1.16 bits per heavy atom. The fourth-order valence-electron chi connectivity index (χ4n) is 4.95. The van der Waals surface area contributed by atoms with Crippen molar-refractivity contribution in [3.63, 3.8) is 0 Å². The quantitative estimate of drug-likeness (QED) is 0.370. The van der Waals surface area contributed by atoms with Gasteiger partial charge in [0.05, 0.1) is 24.0 Å². The van der Waals surface area contributed by atoms with Gasteiger partial charge in [-0.2, -0.15) is 5.26 Å². The third kappa shape index (κ3) is 7.91. The molecule has 1 saturated heterocycles. The van der Waals surface area contributed by atoms with Crippen molar-refractivity contribution in [1.29, 1.82) is 5.26 Å². The van der Waals surface area contributed by atoms with Crippen LogP contribution in [0.15, 0.2) is 42.9 Å². The molecule has 13 nitrogen and oxygen atoms in total. The number of alkyl carbamates (subject to hydrolysis) is 1. The molecule has 0 spiro atoms. The largest absolute Gasteiger partial charge is 0.492 e. The van der Waals surface area contributed by atoms with Crippen molar-refractivity contribution in [3.05, 3.63) is 42.9 Å².